The summed E-state index contributed by atoms with van der Waals surface area (Å²) >= 11 is 4.18. The van der Waals surface area contributed by atoms with Gasteiger partial charge in [-0.25, -0.2) is 0 Å². The van der Waals surface area contributed by atoms with Crippen LogP contribution >= 0.6 is 12.6 Å². The predicted octanol–water partition coefficient (Wildman–Crippen LogP) is 4.07. The number of rotatable bonds is 5. The molecule has 1 aromatic rings. The molecule has 90 valence electrons. The highest BCUT2D eigenvalue weighted by Crippen LogP contribution is 2.25. The molecule has 0 aliphatic rings. The molecule has 0 fully saturated rings. The van der Waals surface area contributed by atoms with E-state index in [0.717, 1.165) is 31.0 Å². The molecular formula is C14H22OS. The van der Waals surface area contributed by atoms with Crippen LogP contribution in [-0.2, 0) is 5.41 Å². The first-order chi connectivity index (χ1) is 7.54. The van der Waals surface area contributed by atoms with Crippen LogP contribution < -0.4 is 4.74 Å². The Balaban J connectivity index is 2.54. The number of thiol groups is 1. The largest absolute Gasteiger partial charge is 0.494 e. The Morgan fingerprint density at radius 1 is 1.19 bits per heavy atom. The molecule has 0 saturated carbocycles. The fourth-order valence-electron chi connectivity index (χ4n) is 1.46. The van der Waals surface area contributed by atoms with Crippen LogP contribution in [0.4, 0.5) is 0 Å². The molecule has 0 aromatic heterocycles. The van der Waals surface area contributed by atoms with Gasteiger partial charge in [-0.3, -0.25) is 0 Å². The first-order valence-corrected chi connectivity index (χ1v) is 6.51. The summed E-state index contributed by atoms with van der Waals surface area (Å²) < 4.78 is 5.71. The monoisotopic (exact) mass is 238 g/mol. The van der Waals surface area contributed by atoms with Crippen molar-refractivity contribution in [3.05, 3.63) is 29.8 Å². The highest BCUT2D eigenvalue weighted by Gasteiger charge is 2.13. The van der Waals surface area contributed by atoms with E-state index in [0.29, 0.717) is 0 Å². The Morgan fingerprint density at radius 2 is 1.94 bits per heavy atom. The van der Waals surface area contributed by atoms with Gasteiger partial charge in [-0.15, -0.1) is 0 Å². The molecule has 16 heavy (non-hydrogen) atoms. The van der Waals surface area contributed by atoms with Crippen molar-refractivity contribution in [2.24, 2.45) is 0 Å². The third kappa shape index (κ3) is 4.48. The van der Waals surface area contributed by atoms with Crippen molar-refractivity contribution in [1.82, 2.24) is 0 Å². The van der Waals surface area contributed by atoms with Crippen molar-refractivity contribution >= 4 is 12.6 Å². The van der Waals surface area contributed by atoms with Crippen LogP contribution in [0.3, 0.4) is 0 Å². The number of hydrogen-bond donors (Lipinski definition) is 1. The number of unbranched alkanes of at least 4 members (excludes halogenated alkanes) is 1. The number of benzene rings is 1. The summed E-state index contributed by atoms with van der Waals surface area (Å²) in [4.78, 5) is 0. The van der Waals surface area contributed by atoms with E-state index in [-0.39, 0.29) is 5.41 Å². The summed E-state index contributed by atoms with van der Waals surface area (Å²) in [5.41, 5.74) is 1.50. The Kier molecular flexibility index (Phi) is 5.20. The van der Waals surface area contributed by atoms with Crippen LogP contribution in [-0.4, -0.2) is 12.4 Å². The summed E-state index contributed by atoms with van der Waals surface area (Å²) in [6.45, 7) is 7.43. The van der Waals surface area contributed by atoms with E-state index in [1.54, 1.807) is 0 Å². The molecule has 0 atom stereocenters. The van der Waals surface area contributed by atoms with Gasteiger partial charge in [0, 0.05) is 0 Å². The van der Waals surface area contributed by atoms with Gasteiger partial charge >= 0.3 is 0 Å². The molecule has 1 nitrogen and oxygen atoms in total. The van der Waals surface area contributed by atoms with E-state index in [1.807, 2.05) is 6.07 Å². The zero-order valence-corrected chi connectivity index (χ0v) is 11.4. The first kappa shape index (κ1) is 13.4. The average Bonchev–Trinajstić information content (AvgIpc) is 2.24. The van der Waals surface area contributed by atoms with E-state index in [9.17, 15) is 0 Å². The van der Waals surface area contributed by atoms with E-state index < -0.39 is 0 Å². The lowest BCUT2D eigenvalue weighted by molar-refractivity contribution is 0.309. The fraction of sp³-hybridized carbons (Fsp3) is 0.571. The second kappa shape index (κ2) is 6.19. The molecule has 0 spiro atoms. The van der Waals surface area contributed by atoms with Crippen LogP contribution in [0.25, 0.3) is 0 Å². The van der Waals surface area contributed by atoms with Gasteiger partial charge < -0.3 is 4.74 Å². The summed E-state index contributed by atoms with van der Waals surface area (Å²) in [6.07, 6.45) is 2.19. The molecule has 0 aliphatic heterocycles. The van der Waals surface area contributed by atoms with E-state index in [4.69, 9.17) is 4.74 Å². The van der Waals surface area contributed by atoms with Crippen molar-refractivity contribution in [3.8, 4) is 5.75 Å². The lowest BCUT2D eigenvalue weighted by Gasteiger charge is -2.19. The molecular weight excluding hydrogens is 216 g/mol. The third-order valence-corrected chi connectivity index (χ3v) is 2.84. The third-order valence-electron chi connectivity index (χ3n) is 2.52. The molecule has 0 heterocycles. The lowest BCUT2D eigenvalue weighted by atomic mass is 9.87. The molecule has 0 amide bonds. The average molecular weight is 238 g/mol. The van der Waals surface area contributed by atoms with Crippen molar-refractivity contribution in [2.45, 2.75) is 39.0 Å². The van der Waals surface area contributed by atoms with Crippen molar-refractivity contribution in [1.29, 1.82) is 0 Å². The van der Waals surface area contributed by atoms with Gasteiger partial charge in [-0.05, 0) is 41.7 Å². The summed E-state index contributed by atoms with van der Waals surface area (Å²) in [5, 5.41) is 0. The molecule has 1 rings (SSSR count). The lowest BCUT2D eigenvalue weighted by Crippen LogP contribution is -2.11. The van der Waals surface area contributed by atoms with Gasteiger partial charge in [0.15, 0.2) is 0 Å². The Bertz CT molecular complexity index is 315. The molecule has 0 radical (unpaired) electrons. The first-order valence-electron chi connectivity index (χ1n) is 5.88. The van der Waals surface area contributed by atoms with Gasteiger partial charge in [-0.1, -0.05) is 32.9 Å². The number of ether oxygens (including phenoxy) is 1. The normalized spacial score (nSPS) is 11.5. The SMILES string of the molecule is CC(C)(C)c1cccc(OCCCCS)c1. The zero-order valence-electron chi connectivity index (χ0n) is 10.5. The minimum absolute atomic E-state index is 0.185. The van der Waals surface area contributed by atoms with Gasteiger partial charge in [0.05, 0.1) is 6.61 Å². The fourth-order valence-corrected chi connectivity index (χ4v) is 1.68. The minimum atomic E-state index is 0.185. The second-order valence-electron chi connectivity index (χ2n) is 5.06. The van der Waals surface area contributed by atoms with Crippen molar-refractivity contribution < 1.29 is 4.74 Å². The molecule has 0 aliphatic carbocycles. The molecule has 0 N–H and O–H groups in total. The summed E-state index contributed by atoms with van der Waals surface area (Å²) in [5.74, 6) is 1.91. The highest BCUT2D eigenvalue weighted by atomic mass is 32.1. The smallest absolute Gasteiger partial charge is 0.119 e. The molecule has 1 aromatic carbocycles. The van der Waals surface area contributed by atoms with Crippen LogP contribution in [0.5, 0.6) is 5.75 Å². The van der Waals surface area contributed by atoms with Crippen LogP contribution in [0, 0.1) is 0 Å². The maximum absolute atomic E-state index is 5.71. The maximum Gasteiger partial charge on any atom is 0.119 e. The second-order valence-corrected chi connectivity index (χ2v) is 5.50. The van der Waals surface area contributed by atoms with Gasteiger partial charge in [0.1, 0.15) is 5.75 Å². The van der Waals surface area contributed by atoms with E-state index >= 15 is 0 Å². The zero-order chi connectivity index (χ0) is 12.0. The van der Waals surface area contributed by atoms with Crippen LogP contribution in [0.1, 0.15) is 39.2 Å². The standard InChI is InChI=1S/C14H22OS/c1-14(2,3)12-7-6-8-13(11-12)15-9-4-5-10-16/h6-8,11,16H,4-5,9-10H2,1-3H3. The Labute approximate surface area is 105 Å². The molecule has 0 saturated heterocycles. The van der Waals surface area contributed by atoms with E-state index in [2.05, 4.69) is 51.6 Å². The highest BCUT2D eigenvalue weighted by molar-refractivity contribution is 7.80. The molecule has 2 heteroatoms. The van der Waals surface area contributed by atoms with Crippen molar-refractivity contribution in [2.75, 3.05) is 12.4 Å². The molecule has 0 bridgehead atoms. The van der Waals surface area contributed by atoms with Gasteiger partial charge in [0.25, 0.3) is 0 Å². The maximum atomic E-state index is 5.71. The quantitative estimate of drug-likeness (QED) is 0.601. The van der Waals surface area contributed by atoms with E-state index in [1.165, 1.54) is 5.56 Å². The topological polar surface area (TPSA) is 9.23 Å². The predicted molar refractivity (Wildman–Crippen MR) is 73.7 cm³/mol. The van der Waals surface area contributed by atoms with Crippen LogP contribution in [0.2, 0.25) is 0 Å². The van der Waals surface area contributed by atoms with Gasteiger partial charge in [0.2, 0.25) is 0 Å². The minimum Gasteiger partial charge on any atom is -0.494 e. The van der Waals surface area contributed by atoms with Crippen molar-refractivity contribution in [3.63, 3.8) is 0 Å². The summed E-state index contributed by atoms with van der Waals surface area (Å²) in [7, 11) is 0. The Morgan fingerprint density at radius 3 is 2.56 bits per heavy atom. The summed E-state index contributed by atoms with van der Waals surface area (Å²) in [6, 6.07) is 8.38. The van der Waals surface area contributed by atoms with Crippen LogP contribution in [0.15, 0.2) is 24.3 Å². The Hall–Kier alpha value is -0.630. The number of hydrogen-bond acceptors (Lipinski definition) is 2. The molecule has 0 unspecified atom stereocenters. The van der Waals surface area contributed by atoms with Gasteiger partial charge in [-0.2, -0.15) is 12.6 Å².